The van der Waals surface area contributed by atoms with E-state index in [1.807, 2.05) is 49.3 Å². The zero-order valence-electron chi connectivity index (χ0n) is 15.7. The summed E-state index contributed by atoms with van der Waals surface area (Å²) in [6.07, 6.45) is 1.65. The van der Waals surface area contributed by atoms with Crippen LogP contribution in [0.3, 0.4) is 0 Å². The van der Waals surface area contributed by atoms with Crippen molar-refractivity contribution >= 4 is 29.4 Å². The van der Waals surface area contributed by atoms with Crippen LogP contribution in [-0.2, 0) is 9.59 Å². The van der Waals surface area contributed by atoms with Gasteiger partial charge in [0.25, 0.3) is 0 Å². The first kappa shape index (κ1) is 20.0. The second-order valence-electron chi connectivity index (χ2n) is 6.03. The summed E-state index contributed by atoms with van der Waals surface area (Å²) in [5.74, 6) is -0.0237. The third kappa shape index (κ3) is 6.47. The molecule has 0 saturated heterocycles. The molecule has 0 bridgehead atoms. The second-order valence-corrected chi connectivity index (χ2v) is 6.03. The van der Waals surface area contributed by atoms with Crippen molar-refractivity contribution < 1.29 is 14.3 Å². The fourth-order valence-electron chi connectivity index (χ4n) is 2.28. The highest BCUT2D eigenvalue weighted by Crippen LogP contribution is 2.23. The first-order valence-corrected chi connectivity index (χ1v) is 8.51. The number of carbonyl (C=O) groups excluding carboxylic acids is 2. The maximum absolute atomic E-state index is 12.0. The first-order valence-electron chi connectivity index (χ1n) is 8.51. The Balaban J connectivity index is 1.76. The Labute approximate surface area is 159 Å². The van der Waals surface area contributed by atoms with E-state index in [1.54, 1.807) is 24.4 Å². The number of anilines is 2. The Morgan fingerprint density at radius 3 is 2.37 bits per heavy atom. The predicted molar refractivity (Wildman–Crippen MR) is 107 cm³/mol. The fourth-order valence-corrected chi connectivity index (χ4v) is 2.28. The minimum Gasteiger partial charge on any atom is -0.495 e. The van der Waals surface area contributed by atoms with Gasteiger partial charge in [-0.3, -0.25) is 9.59 Å². The number of benzene rings is 2. The monoisotopic (exact) mass is 368 g/mol. The molecule has 0 atom stereocenters. The van der Waals surface area contributed by atoms with Gasteiger partial charge in [-0.1, -0.05) is 24.3 Å². The molecule has 27 heavy (non-hydrogen) atoms. The van der Waals surface area contributed by atoms with E-state index < -0.39 is 0 Å². The van der Waals surface area contributed by atoms with Crippen molar-refractivity contribution in [1.82, 2.24) is 5.43 Å². The van der Waals surface area contributed by atoms with Crippen LogP contribution >= 0.6 is 0 Å². The van der Waals surface area contributed by atoms with Crippen LogP contribution in [0.1, 0.15) is 18.4 Å². The quantitative estimate of drug-likeness (QED) is 0.554. The van der Waals surface area contributed by atoms with Gasteiger partial charge in [0.1, 0.15) is 5.75 Å². The van der Waals surface area contributed by atoms with Crippen LogP contribution in [0, 0.1) is 0 Å². The van der Waals surface area contributed by atoms with Crippen molar-refractivity contribution in [2.24, 2.45) is 5.10 Å². The molecule has 2 aromatic rings. The highest BCUT2D eigenvalue weighted by molar-refractivity contribution is 5.94. The van der Waals surface area contributed by atoms with Crippen molar-refractivity contribution in [2.45, 2.75) is 12.8 Å². The molecule has 7 nitrogen and oxygen atoms in total. The number of rotatable bonds is 8. The molecule has 7 heteroatoms. The number of nitrogens with one attached hydrogen (secondary N) is 2. The SMILES string of the molecule is COc1ccccc1NC(=O)CCC(=O)NN=Cc1ccc(N(C)C)cc1. The molecule has 0 saturated carbocycles. The molecule has 2 N–H and O–H groups in total. The van der Waals surface area contributed by atoms with E-state index in [-0.39, 0.29) is 24.7 Å². The highest BCUT2D eigenvalue weighted by Gasteiger charge is 2.09. The summed E-state index contributed by atoms with van der Waals surface area (Å²) in [6, 6.07) is 14.8. The van der Waals surface area contributed by atoms with E-state index in [2.05, 4.69) is 15.8 Å². The van der Waals surface area contributed by atoms with E-state index in [4.69, 9.17) is 4.74 Å². The standard InChI is InChI=1S/C20H24N4O3/c1-24(2)16-10-8-15(9-11-16)14-21-23-20(26)13-12-19(25)22-17-6-4-5-7-18(17)27-3/h4-11,14H,12-13H2,1-3H3,(H,22,25)(H,23,26). The molecule has 0 aliphatic heterocycles. The molecule has 0 aromatic heterocycles. The van der Waals surface area contributed by atoms with Gasteiger partial charge < -0.3 is 15.0 Å². The number of amides is 2. The van der Waals surface area contributed by atoms with Crippen molar-refractivity contribution in [3.63, 3.8) is 0 Å². The summed E-state index contributed by atoms with van der Waals surface area (Å²) >= 11 is 0. The number of hydrogen-bond donors (Lipinski definition) is 2. The molecule has 0 fully saturated rings. The van der Waals surface area contributed by atoms with Gasteiger partial charge in [0.05, 0.1) is 19.0 Å². The molecular formula is C20H24N4O3. The number of hydrogen-bond acceptors (Lipinski definition) is 5. The lowest BCUT2D eigenvalue weighted by Crippen LogP contribution is -2.20. The van der Waals surface area contributed by atoms with Crippen LogP contribution in [0.25, 0.3) is 0 Å². The Hall–Kier alpha value is -3.35. The molecule has 0 heterocycles. The Morgan fingerprint density at radius 2 is 1.70 bits per heavy atom. The number of hydrazone groups is 1. The Bertz CT molecular complexity index is 801. The first-order chi connectivity index (χ1) is 13.0. The van der Waals surface area contributed by atoms with Crippen molar-refractivity contribution in [3.05, 3.63) is 54.1 Å². The highest BCUT2D eigenvalue weighted by atomic mass is 16.5. The number of carbonyl (C=O) groups is 2. The average Bonchev–Trinajstić information content (AvgIpc) is 2.67. The summed E-state index contributed by atoms with van der Waals surface area (Å²) < 4.78 is 5.17. The summed E-state index contributed by atoms with van der Waals surface area (Å²) in [5.41, 5.74) is 4.95. The summed E-state index contributed by atoms with van der Waals surface area (Å²) in [5, 5.41) is 6.64. The lowest BCUT2D eigenvalue weighted by Gasteiger charge is -2.11. The third-order valence-corrected chi connectivity index (χ3v) is 3.77. The normalized spacial score (nSPS) is 10.5. The molecule has 0 unspecified atom stereocenters. The minimum absolute atomic E-state index is 0.0396. The molecular weight excluding hydrogens is 344 g/mol. The molecule has 0 aliphatic rings. The van der Waals surface area contributed by atoms with Gasteiger partial charge in [0.15, 0.2) is 0 Å². The van der Waals surface area contributed by atoms with E-state index >= 15 is 0 Å². The molecule has 2 amide bonds. The van der Waals surface area contributed by atoms with Gasteiger partial charge in [-0.15, -0.1) is 0 Å². The van der Waals surface area contributed by atoms with Gasteiger partial charge in [0.2, 0.25) is 11.8 Å². The van der Waals surface area contributed by atoms with Gasteiger partial charge in [-0.2, -0.15) is 5.10 Å². The second kappa shape index (κ2) is 9.96. The van der Waals surface area contributed by atoms with Gasteiger partial charge in [-0.05, 0) is 29.8 Å². The summed E-state index contributed by atoms with van der Waals surface area (Å²) in [7, 11) is 5.46. The fraction of sp³-hybridized carbons (Fsp3) is 0.250. The maximum atomic E-state index is 12.0. The lowest BCUT2D eigenvalue weighted by molar-refractivity contribution is -0.124. The molecule has 142 valence electrons. The topological polar surface area (TPSA) is 83.0 Å². The molecule has 0 radical (unpaired) electrons. The Kier molecular flexibility index (Phi) is 7.37. The smallest absolute Gasteiger partial charge is 0.240 e. The number of para-hydroxylation sites is 2. The number of ether oxygens (including phenoxy) is 1. The van der Waals surface area contributed by atoms with Crippen LogP contribution in [0.2, 0.25) is 0 Å². The van der Waals surface area contributed by atoms with E-state index in [0.717, 1.165) is 11.3 Å². The van der Waals surface area contributed by atoms with E-state index in [0.29, 0.717) is 11.4 Å². The minimum atomic E-state index is -0.327. The zero-order valence-corrected chi connectivity index (χ0v) is 15.7. The molecule has 2 rings (SSSR count). The number of nitrogens with zero attached hydrogens (tertiary/aromatic N) is 2. The van der Waals surface area contributed by atoms with Gasteiger partial charge in [-0.25, -0.2) is 5.43 Å². The number of methoxy groups -OCH3 is 1. The predicted octanol–water partition coefficient (Wildman–Crippen LogP) is 2.63. The third-order valence-electron chi connectivity index (χ3n) is 3.77. The van der Waals surface area contributed by atoms with Gasteiger partial charge >= 0.3 is 0 Å². The van der Waals surface area contributed by atoms with Crippen LogP contribution in [0.15, 0.2) is 53.6 Å². The summed E-state index contributed by atoms with van der Waals surface area (Å²) in [6.45, 7) is 0. The maximum Gasteiger partial charge on any atom is 0.240 e. The van der Waals surface area contributed by atoms with Crippen LogP contribution in [-0.4, -0.2) is 39.2 Å². The zero-order chi connectivity index (χ0) is 19.6. The van der Waals surface area contributed by atoms with Crippen LogP contribution < -0.4 is 20.4 Å². The van der Waals surface area contributed by atoms with Crippen LogP contribution in [0.5, 0.6) is 5.75 Å². The largest absolute Gasteiger partial charge is 0.495 e. The van der Waals surface area contributed by atoms with Crippen molar-refractivity contribution in [2.75, 3.05) is 31.4 Å². The molecule has 0 aliphatic carbocycles. The molecule has 2 aromatic carbocycles. The average molecular weight is 368 g/mol. The van der Waals surface area contributed by atoms with E-state index in [9.17, 15) is 9.59 Å². The van der Waals surface area contributed by atoms with Crippen LogP contribution in [0.4, 0.5) is 11.4 Å². The Morgan fingerprint density at radius 1 is 1.04 bits per heavy atom. The lowest BCUT2D eigenvalue weighted by atomic mass is 10.2. The van der Waals surface area contributed by atoms with E-state index in [1.165, 1.54) is 7.11 Å². The van der Waals surface area contributed by atoms with Gasteiger partial charge in [0, 0.05) is 32.6 Å². The van der Waals surface area contributed by atoms with Crippen molar-refractivity contribution in [3.8, 4) is 5.75 Å². The summed E-state index contributed by atoms with van der Waals surface area (Å²) in [4.78, 5) is 25.8. The van der Waals surface area contributed by atoms with Crippen molar-refractivity contribution in [1.29, 1.82) is 0 Å². The molecule has 0 spiro atoms.